The van der Waals surface area contributed by atoms with Gasteiger partial charge in [0.1, 0.15) is 11.6 Å². The number of carbonyl (C=O) groups excluding carboxylic acids is 1. The summed E-state index contributed by atoms with van der Waals surface area (Å²) in [5, 5.41) is 2.99. The van der Waals surface area contributed by atoms with Gasteiger partial charge in [-0.05, 0) is 72.5 Å². The summed E-state index contributed by atoms with van der Waals surface area (Å²) in [5.74, 6) is 0.523. The SMILES string of the molecule is COC[C@@H]1CCCN1NC(=O)NS(=O)(=O)c1ccc(CSc2ncc(C(C)(C)c3ccc(Cl)c(OC)c3)n2-c2ccc(F)cc2)c(Cl)c1. The number of rotatable bonds is 12. The van der Waals surface area contributed by atoms with E-state index >= 15 is 0 Å². The number of ether oxygens (including phenoxy) is 2. The Kier molecular flexibility index (Phi) is 11.3. The zero-order valence-corrected chi connectivity index (χ0v) is 29.9. The molecule has 4 aromatic rings. The number of urea groups is 1. The smallest absolute Gasteiger partial charge is 0.343 e. The maximum atomic E-state index is 13.9. The van der Waals surface area contributed by atoms with E-state index in [-0.39, 0.29) is 21.8 Å². The van der Waals surface area contributed by atoms with Gasteiger partial charge in [-0.2, -0.15) is 0 Å². The summed E-state index contributed by atoms with van der Waals surface area (Å²) < 4.78 is 54.7. The molecule has 0 spiro atoms. The lowest BCUT2D eigenvalue weighted by atomic mass is 9.81. The molecule has 0 saturated carbocycles. The van der Waals surface area contributed by atoms with Gasteiger partial charge in [0.05, 0.1) is 41.6 Å². The number of sulfonamides is 1. The standard InChI is InChI=1S/C33H36Cl2FN5O5S2/c1-33(2,22-8-14-27(34)29(16-22)46-4)30-18-37-32(41(30)24-11-9-23(36)10-12-24)47-20-21-7-13-26(17-28(21)35)48(43,44)39-31(42)38-40-15-5-6-25(40)19-45-3/h7-14,16-18,25H,5-6,15,19-20H2,1-4H3,(H2,38,39,42)/t25-/m0/s1. The van der Waals surface area contributed by atoms with Gasteiger partial charge < -0.3 is 9.47 Å². The number of aromatic nitrogens is 2. The molecule has 0 aliphatic carbocycles. The van der Waals surface area contributed by atoms with Gasteiger partial charge >= 0.3 is 6.03 Å². The summed E-state index contributed by atoms with van der Waals surface area (Å²) in [4.78, 5) is 17.1. The minimum absolute atomic E-state index is 0.0311. The molecular weight excluding hydrogens is 700 g/mol. The molecule has 15 heteroatoms. The Morgan fingerprint density at radius 1 is 1.08 bits per heavy atom. The molecule has 256 valence electrons. The Labute approximate surface area is 293 Å². The largest absolute Gasteiger partial charge is 0.495 e. The lowest BCUT2D eigenvalue weighted by molar-refractivity contribution is 0.0916. The Morgan fingerprint density at radius 2 is 1.83 bits per heavy atom. The molecule has 10 nitrogen and oxygen atoms in total. The van der Waals surface area contributed by atoms with E-state index in [4.69, 9.17) is 37.7 Å². The fraction of sp³-hybridized carbons (Fsp3) is 0.333. The highest BCUT2D eigenvalue weighted by Crippen LogP contribution is 2.39. The van der Waals surface area contributed by atoms with Crippen LogP contribution >= 0.6 is 35.0 Å². The topological polar surface area (TPSA) is 115 Å². The van der Waals surface area contributed by atoms with Crippen molar-refractivity contribution in [3.8, 4) is 11.4 Å². The number of hydrazine groups is 1. The molecule has 0 bridgehead atoms. The number of hydrogen-bond donors (Lipinski definition) is 2. The van der Waals surface area contributed by atoms with Crippen molar-refractivity contribution in [2.45, 2.75) is 54.0 Å². The molecule has 1 saturated heterocycles. The van der Waals surface area contributed by atoms with Crippen molar-refractivity contribution < 1.29 is 27.1 Å². The molecule has 1 aliphatic rings. The van der Waals surface area contributed by atoms with Crippen molar-refractivity contribution in [3.05, 3.63) is 99.5 Å². The summed E-state index contributed by atoms with van der Waals surface area (Å²) in [6, 6.07) is 15.2. The number of halogens is 3. The quantitative estimate of drug-likeness (QED) is 0.150. The van der Waals surface area contributed by atoms with Crippen molar-refractivity contribution in [1.82, 2.24) is 24.7 Å². The van der Waals surface area contributed by atoms with Gasteiger partial charge in [-0.3, -0.25) is 9.99 Å². The molecule has 0 radical (unpaired) electrons. The zero-order valence-electron chi connectivity index (χ0n) is 26.8. The van der Waals surface area contributed by atoms with Crippen molar-refractivity contribution in [2.75, 3.05) is 27.4 Å². The molecule has 5 rings (SSSR count). The molecule has 1 aromatic heterocycles. The van der Waals surface area contributed by atoms with E-state index in [9.17, 15) is 17.6 Å². The summed E-state index contributed by atoms with van der Waals surface area (Å²) in [6.45, 7) is 5.11. The number of benzene rings is 3. The highest BCUT2D eigenvalue weighted by molar-refractivity contribution is 7.98. The molecule has 1 atom stereocenters. The van der Waals surface area contributed by atoms with Crippen LogP contribution in [0.25, 0.3) is 5.69 Å². The van der Waals surface area contributed by atoms with Crippen LogP contribution in [0.5, 0.6) is 5.75 Å². The zero-order chi connectivity index (χ0) is 34.6. The van der Waals surface area contributed by atoms with Gasteiger partial charge in [-0.25, -0.2) is 32.3 Å². The minimum atomic E-state index is -4.21. The van der Waals surface area contributed by atoms with Gasteiger partial charge in [0.2, 0.25) is 0 Å². The van der Waals surface area contributed by atoms with E-state index in [1.165, 1.54) is 36.0 Å². The number of hydrogen-bond acceptors (Lipinski definition) is 8. The van der Waals surface area contributed by atoms with Crippen LogP contribution < -0.4 is 14.9 Å². The number of nitrogens with one attached hydrogen (secondary N) is 2. The normalized spacial score (nSPS) is 15.4. The third kappa shape index (κ3) is 7.93. The first-order valence-electron chi connectivity index (χ1n) is 15.0. The fourth-order valence-corrected chi connectivity index (χ4v) is 8.06. The number of methoxy groups -OCH3 is 2. The third-order valence-electron chi connectivity index (χ3n) is 8.23. The van der Waals surface area contributed by atoms with E-state index in [1.54, 1.807) is 49.7 Å². The first-order chi connectivity index (χ1) is 22.8. The highest BCUT2D eigenvalue weighted by Gasteiger charge is 2.31. The van der Waals surface area contributed by atoms with Gasteiger partial charge in [-0.15, -0.1) is 0 Å². The van der Waals surface area contributed by atoms with E-state index in [1.807, 2.05) is 16.7 Å². The predicted molar refractivity (Wildman–Crippen MR) is 185 cm³/mol. The van der Waals surface area contributed by atoms with Gasteiger partial charge in [0.15, 0.2) is 5.16 Å². The van der Waals surface area contributed by atoms with Crippen LogP contribution in [0.2, 0.25) is 10.0 Å². The number of imidazole rings is 1. The highest BCUT2D eigenvalue weighted by atomic mass is 35.5. The molecular formula is C33H36Cl2FN5O5S2. The summed E-state index contributed by atoms with van der Waals surface area (Å²) >= 11 is 14.3. The number of carbonyl (C=O) groups is 1. The molecule has 2 N–H and O–H groups in total. The van der Waals surface area contributed by atoms with E-state index in [0.29, 0.717) is 46.1 Å². The van der Waals surface area contributed by atoms with Gasteiger partial charge in [0.25, 0.3) is 10.0 Å². The lowest BCUT2D eigenvalue weighted by Crippen LogP contribution is -2.51. The molecule has 2 amide bonds. The second kappa shape index (κ2) is 15.1. The van der Waals surface area contributed by atoms with E-state index < -0.39 is 21.5 Å². The summed E-state index contributed by atoms with van der Waals surface area (Å²) in [6.07, 6.45) is 3.47. The van der Waals surface area contributed by atoms with Crippen LogP contribution in [0.3, 0.4) is 0 Å². The van der Waals surface area contributed by atoms with Crippen LogP contribution in [0.1, 0.15) is 43.5 Å². The summed E-state index contributed by atoms with van der Waals surface area (Å²) in [7, 11) is -1.07. The van der Waals surface area contributed by atoms with E-state index in [2.05, 4.69) is 24.0 Å². The number of amides is 2. The Hall–Kier alpha value is -3.33. The van der Waals surface area contributed by atoms with Crippen LogP contribution in [-0.4, -0.2) is 62.4 Å². The Morgan fingerprint density at radius 3 is 2.52 bits per heavy atom. The summed E-state index contributed by atoms with van der Waals surface area (Å²) in [5.41, 5.74) is 5.15. The number of thioether (sulfide) groups is 1. The first kappa shape index (κ1) is 36.0. The maximum Gasteiger partial charge on any atom is 0.343 e. The predicted octanol–water partition coefficient (Wildman–Crippen LogP) is 6.96. The molecule has 48 heavy (non-hydrogen) atoms. The second-order valence-corrected chi connectivity index (χ2v) is 15.2. The first-order valence-corrected chi connectivity index (χ1v) is 18.2. The van der Waals surface area contributed by atoms with Crippen molar-refractivity contribution in [2.24, 2.45) is 0 Å². The molecule has 1 fully saturated rings. The average Bonchev–Trinajstić information content (AvgIpc) is 3.68. The molecule has 1 aliphatic heterocycles. The lowest BCUT2D eigenvalue weighted by Gasteiger charge is -2.28. The minimum Gasteiger partial charge on any atom is -0.495 e. The van der Waals surface area contributed by atoms with Gasteiger partial charge in [0, 0.05) is 35.5 Å². The van der Waals surface area contributed by atoms with Crippen LogP contribution in [0.4, 0.5) is 9.18 Å². The molecule has 2 heterocycles. The number of nitrogens with zero attached hydrogens (tertiary/aromatic N) is 3. The van der Waals surface area contributed by atoms with Crippen molar-refractivity contribution >= 4 is 51.0 Å². The van der Waals surface area contributed by atoms with Crippen molar-refractivity contribution in [1.29, 1.82) is 0 Å². The molecule has 3 aromatic carbocycles. The maximum absolute atomic E-state index is 13.9. The average molecular weight is 737 g/mol. The van der Waals surface area contributed by atoms with Gasteiger partial charge in [-0.1, -0.05) is 60.9 Å². The molecule has 0 unspecified atom stereocenters. The Balaban J connectivity index is 1.36. The third-order valence-corrected chi connectivity index (χ3v) is 11.2. The Bertz CT molecular complexity index is 1890. The monoisotopic (exact) mass is 735 g/mol. The van der Waals surface area contributed by atoms with Crippen LogP contribution in [0, 0.1) is 5.82 Å². The van der Waals surface area contributed by atoms with Crippen LogP contribution in [-0.2, 0) is 25.9 Å². The van der Waals surface area contributed by atoms with E-state index in [0.717, 1.165) is 24.1 Å². The second-order valence-electron chi connectivity index (χ2n) is 11.7. The van der Waals surface area contributed by atoms with Crippen molar-refractivity contribution in [3.63, 3.8) is 0 Å². The van der Waals surface area contributed by atoms with Crippen LogP contribution in [0.15, 0.2) is 76.9 Å². The fourth-order valence-electron chi connectivity index (χ4n) is 5.55.